The topological polar surface area (TPSA) is 67.5 Å². The Hall–Kier alpha value is -1.30. The van der Waals surface area contributed by atoms with Crippen molar-refractivity contribution in [3.8, 4) is 5.75 Å². The molecule has 0 aliphatic carbocycles. The Morgan fingerprint density at radius 1 is 1.04 bits per heavy atom. The van der Waals surface area contributed by atoms with Crippen molar-refractivity contribution in [3.63, 3.8) is 0 Å². The van der Waals surface area contributed by atoms with Gasteiger partial charge < -0.3 is 20.9 Å². The zero-order chi connectivity index (χ0) is 16.5. The second-order valence-electron chi connectivity index (χ2n) is 5.73. The van der Waals surface area contributed by atoms with Crippen LogP contribution in [0.15, 0.2) is 54.6 Å². The summed E-state index contributed by atoms with van der Waals surface area (Å²) in [6, 6.07) is 17.8. The molecule has 2 aromatic rings. The summed E-state index contributed by atoms with van der Waals surface area (Å²) >= 11 is 0. The van der Waals surface area contributed by atoms with E-state index < -0.39 is 6.10 Å². The quantitative estimate of drug-likeness (QED) is 0.579. The first-order valence-corrected chi connectivity index (χ1v) is 8.00. The molecule has 0 aliphatic rings. The summed E-state index contributed by atoms with van der Waals surface area (Å²) < 4.78 is 5.21. The first-order chi connectivity index (χ1) is 11.2. The lowest BCUT2D eigenvalue weighted by Gasteiger charge is -2.19. The average molecular weight is 387 g/mol. The van der Waals surface area contributed by atoms with E-state index >= 15 is 0 Å². The predicted molar refractivity (Wildman–Crippen MR) is 108 cm³/mol. The van der Waals surface area contributed by atoms with Crippen LogP contribution >= 0.6 is 24.8 Å². The van der Waals surface area contributed by atoms with Gasteiger partial charge >= 0.3 is 0 Å². The maximum atomic E-state index is 10.2. The van der Waals surface area contributed by atoms with E-state index in [9.17, 15) is 5.11 Å². The van der Waals surface area contributed by atoms with Crippen LogP contribution in [0.5, 0.6) is 5.75 Å². The Morgan fingerprint density at radius 3 is 2.40 bits per heavy atom. The molecule has 0 fully saturated rings. The second-order valence-corrected chi connectivity index (χ2v) is 5.73. The maximum Gasteiger partial charge on any atom is 0.119 e. The number of aliphatic hydroxyl groups is 1. The molecule has 4 nitrogen and oxygen atoms in total. The van der Waals surface area contributed by atoms with Crippen molar-refractivity contribution in [3.05, 3.63) is 65.7 Å². The first-order valence-electron chi connectivity index (χ1n) is 8.00. The molecule has 0 spiro atoms. The van der Waals surface area contributed by atoms with E-state index in [1.54, 1.807) is 7.11 Å². The lowest BCUT2D eigenvalue weighted by atomic mass is 10.0. The van der Waals surface area contributed by atoms with Gasteiger partial charge in [-0.3, -0.25) is 0 Å². The fourth-order valence-corrected chi connectivity index (χ4v) is 2.48. The number of hydrogen-bond acceptors (Lipinski definition) is 4. The van der Waals surface area contributed by atoms with Gasteiger partial charge in [-0.15, -0.1) is 24.8 Å². The number of ether oxygens (including phenoxy) is 1. The van der Waals surface area contributed by atoms with Gasteiger partial charge in [-0.2, -0.15) is 0 Å². The normalized spacial score (nSPS) is 12.4. The van der Waals surface area contributed by atoms with Crippen LogP contribution < -0.4 is 15.8 Å². The molecule has 6 heteroatoms. The SMILES string of the molecule is COc1cccc(CCNC[C@@H](O)[C@@H](N)Cc2ccccc2)c1.Cl.Cl. The van der Waals surface area contributed by atoms with Gasteiger partial charge in [0.15, 0.2) is 0 Å². The minimum Gasteiger partial charge on any atom is -0.497 e. The molecule has 0 aliphatic heterocycles. The van der Waals surface area contributed by atoms with E-state index in [4.69, 9.17) is 10.5 Å². The predicted octanol–water partition coefficient (Wildman–Crippen LogP) is 2.60. The highest BCUT2D eigenvalue weighted by atomic mass is 35.5. The van der Waals surface area contributed by atoms with Crippen LogP contribution in [0.3, 0.4) is 0 Å². The van der Waals surface area contributed by atoms with Crippen molar-refractivity contribution in [1.29, 1.82) is 0 Å². The number of methoxy groups -OCH3 is 1. The van der Waals surface area contributed by atoms with Gasteiger partial charge in [-0.1, -0.05) is 42.5 Å². The summed E-state index contributed by atoms with van der Waals surface area (Å²) in [6.07, 6.45) is 1.01. The van der Waals surface area contributed by atoms with Crippen LogP contribution in [-0.4, -0.2) is 37.5 Å². The van der Waals surface area contributed by atoms with Crippen LogP contribution in [0.25, 0.3) is 0 Å². The Labute approximate surface area is 162 Å². The molecule has 2 atom stereocenters. The summed E-state index contributed by atoms with van der Waals surface area (Å²) in [7, 11) is 1.67. The summed E-state index contributed by atoms with van der Waals surface area (Å²) in [6.45, 7) is 1.29. The van der Waals surface area contributed by atoms with Crippen LogP contribution in [0.2, 0.25) is 0 Å². The summed E-state index contributed by atoms with van der Waals surface area (Å²) in [5.74, 6) is 0.868. The number of nitrogens with two attached hydrogens (primary N) is 1. The lowest BCUT2D eigenvalue weighted by Crippen LogP contribution is -2.43. The maximum absolute atomic E-state index is 10.2. The highest BCUT2D eigenvalue weighted by molar-refractivity contribution is 5.85. The number of benzene rings is 2. The number of hydrogen-bond donors (Lipinski definition) is 3. The third kappa shape index (κ3) is 8.56. The molecule has 0 radical (unpaired) electrons. The Kier molecular flexibility index (Phi) is 12.3. The van der Waals surface area contributed by atoms with E-state index in [0.717, 1.165) is 24.3 Å². The van der Waals surface area contributed by atoms with Crippen molar-refractivity contribution < 1.29 is 9.84 Å². The zero-order valence-corrected chi connectivity index (χ0v) is 16.1. The van der Waals surface area contributed by atoms with Gasteiger partial charge in [0.2, 0.25) is 0 Å². The number of aliphatic hydroxyl groups excluding tert-OH is 1. The molecule has 0 unspecified atom stereocenters. The van der Waals surface area contributed by atoms with Crippen molar-refractivity contribution in [2.75, 3.05) is 20.2 Å². The molecule has 140 valence electrons. The summed E-state index contributed by atoms with van der Waals surface area (Å²) in [4.78, 5) is 0. The van der Waals surface area contributed by atoms with Crippen molar-refractivity contribution in [2.24, 2.45) is 5.73 Å². The fraction of sp³-hybridized carbons (Fsp3) is 0.368. The molecular weight excluding hydrogens is 359 g/mol. The van der Waals surface area contributed by atoms with Crippen LogP contribution in [0.4, 0.5) is 0 Å². The molecule has 0 saturated heterocycles. The minimum absolute atomic E-state index is 0. The number of nitrogens with one attached hydrogen (secondary N) is 1. The van der Waals surface area contributed by atoms with Gasteiger partial charge in [0.05, 0.1) is 13.2 Å². The van der Waals surface area contributed by atoms with E-state index in [-0.39, 0.29) is 30.9 Å². The number of halogens is 2. The Morgan fingerprint density at radius 2 is 1.72 bits per heavy atom. The average Bonchev–Trinajstić information content (AvgIpc) is 2.59. The van der Waals surface area contributed by atoms with E-state index in [1.165, 1.54) is 5.56 Å². The van der Waals surface area contributed by atoms with Crippen molar-refractivity contribution >= 4 is 24.8 Å². The van der Waals surface area contributed by atoms with E-state index in [0.29, 0.717) is 13.0 Å². The Balaban J connectivity index is 0.00000288. The molecule has 0 heterocycles. The van der Waals surface area contributed by atoms with E-state index in [2.05, 4.69) is 11.4 Å². The highest BCUT2D eigenvalue weighted by Gasteiger charge is 2.14. The van der Waals surface area contributed by atoms with Gasteiger partial charge in [0, 0.05) is 12.6 Å². The van der Waals surface area contributed by atoms with Gasteiger partial charge in [0.1, 0.15) is 5.75 Å². The van der Waals surface area contributed by atoms with E-state index in [1.807, 2.05) is 48.5 Å². The second kappa shape index (κ2) is 13.0. The van der Waals surface area contributed by atoms with Crippen LogP contribution in [0, 0.1) is 0 Å². The molecule has 2 aromatic carbocycles. The monoisotopic (exact) mass is 386 g/mol. The number of rotatable bonds is 9. The molecule has 0 saturated carbocycles. The van der Waals surface area contributed by atoms with Gasteiger partial charge in [-0.25, -0.2) is 0 Å². The highest BCUT2D eigenvalue weighted by Crippen LogP contribution is 2.12. The largest absolute Gasteiger partial charge is 0.497 e. The molecule has 4 N–H and O–H groups in total. The third-order valence-corrected chi connectivity index (χ3v) is 3.89. The lowest BCUT2D eigenvalue weighted by molar-refractivity contribution is 0.142. The molecule has 25 heavy (non-hydrogen) atoms. The van der Waals surface area contributed by atoms with Crippen LogP contribution in [0.1, 0.15) is 11.1 Å². The fourth-order valence-electron chi connectivity index (χ4n) is 2.48. The molecule has 2 rings (SSSR count). The smallest absolute Gasteiger partial charge is 0.119 e. The molecular formula is C19H28Cl2N2O2. The first kappa shape index (κ1) is 23.7. The summed E-state index contributed by atoms with van der Waals surface area (Å²) in [5.41, 5.74) is 8.43. The van der Waals surface area contributed by atoms with Gasteiger partial charge in [-0.05, 0) is 42.6 Å². The minimum atomic E-state index is -0.555. The van der Waals surface area contributed by atoms with Gasteiger partial charge in [0.25, 0.3) is 0 Å². The summed E-state index contributed by atoms with van der Waals surface area (Å²) in [5, 5.41) is 13.4. The molecule has 0 aromatic heterocycles. The van der Waals surface area contributed by atoms with Crippen LogP contribution in [-0.2, 0) is 12.8 Å². The third-order valence-electron chi connectivity index (χ3n) is 3.89. The molecule has 0 bridgehead atoms. The standard InChI is InChI=1S/C19H26N2O2.2ClH/c1-23-17-9-5-8-16(12-17)10-11-21-14-19(22)18(20)13-15-6-3-2-4-7-15;;/h2-9,12,18-19,21-22H,10-11,13-14,20H2,1H3;2*1H/t18-,19+;;/m0../s1. The van der Waals surface area contributed by atoms with Crippen molar-refractivity contribution in [1.82, 2.24) is 5.32 Å². The Bertz CT molecular complexity index is 585. The zero-order valence-electron chi connectivity index (χ0n) is 14.4. The molecule has 0 amide bonds. The van der Waals surface area contributed by atoms with Crippen molar-refractivity contribution in [2.45, 2.75) is 25.0 Å².